The van der Waals surface area contributed by atoms with Crippen LogP contribution in [0.5, 0.6) is 0 Å². The van der Waals surface area contributed by atoms with E-state index >= 15 is 0 Å². The quantitative estimate of drug-likeness (QED) is 0.807. The molecule has 0 atom stereocenters. The predicted octanol–water partition coefficient (Wildman–Crippen LogP) is 2.53. The zero-order valence-corrected chi connectivity index (χ0v) is 14.7. The number of carbonyl (C=O) groups excluding carboxylic acids is 2. The van der Waals surface area contributed by atoms with Crippen molar-refractivity contribution >= 4 is 11.9 Å². The fraction of sp³-hybridized carbons (Fsp3) is 0.688. The summed E-state index contributed by atoms with van der Waals surface area (Å²) >= 11 is 0. The highest BCUT2D eigenvalue weighted by Crippen LogP contribution is 2.09. The van der Waals surface area contributed by atoms with Crippen LogP contribution >= 0.6 is 0 Å². The molecular weight excluding hydrogens is 296 g/mol. The first kappa shape index (κ1) is 19.0. The molecular formula is C16H28N4O3. The minimum Gasteiger partial charge on any atom is -0.446 e. The number of carbonyl (C=O) groups is 2. The first-order valence-electron chi connectivity index (χ1n) is 8.06. The van der Waals surface area contributed by atoms with Gasteiger partial charge in [0.1, 0.15) is 6.26 Å². The first-order valence-corrected chi connectivity index (χ1v) is 8.06. The number of rotatable bonds is 7. The largest absolute Gasteiger partial charge is 0.446 e. The van der Waals surface area contributed by atoms with Crippen molar-refractivity contribution in [1.29, 1.82) is 0 Å². The summed E-state index contributed by atoms with van der Waals surface area (Å²) in [4.78, 5) is 29.9. The van der Waals surface area contributed by atoms with E-state index in [1.165, 1.54) is 6.26 Å². The molecule has 0 spiro atoms. The van der Waals surface area contributed by atoms with Gasteiger partial charge in [-0.1, -0.05) is 13.8 Å². The van der Waals surface area contributed by atoms with E-state index in [2.05, 4.69) is 15.6 Å². The minimum absolute atomic E-state index is 0.172. The number of nitrogens with one attached hydrogen (secondary N) is 2. The topological polar surface area (TPSA) is 87.5 Å². The van der Waals surface area contributed by atoms with E-state index in [9.17, 15) is 9.59 Å². The Morgan fingerprint density at radius 3 is 2.52 bits per heavy atom. The predicted molar refractivity (Wildman–Crippen MR) is 88.1 cm³/mol. The Balaban J connectivity index is 2.72. The molecule has 1 aromatic rings. The summed E-state index contributed by atoms with van der Waals surface area (Å²) in [5.74, 6) is 0.0900. The molecule has 0 fully saturated rings. The average Bonchev–Trinajstić information content (AvgIpc) is 2.91. The SMILES string of the molecule is CCCNC(=O)c1coc(CN(CCC)C(=O)NC(C)(C)C)n1. The van der Waals surface area contributed by atoms with E-state index in [4.69, 9.17) is 4.42 Å². The van der Waals surface area contributed by atoms with Crippen molar-refractivity contribution in [1.82, 2.24) is 20.5 Å². The van der Waals surface area contributed by atoms with Crippen molar-refractivity contribution in [3.63, 3.8) is 0 Å². The number of urea groups is 1. The number of hydrogen-bond donors (Lipinski definition) is 2. The molecule has 7 nitrogen and oxygen atoms in total. The summed E-state index contributed by atoms with van der Waals surface area (Å²) in [6, 6.07) is -0.172. The number of nitrogens with zero attached hydrogens (tertiary/aromatic N) is 2. The lowest BCUT2D eigenvalue weighted by Crippen LogP contribution is -2.48. The molecule has 0 aliphatic carbocycles. The molecule has 7 heteroatoms. The molecule has 1 rings (SSSR count). The van der Waals surface area contributed by atoms with Gasteiger partial charge in [-0.2, -0.15) is 0 Å². The van der Waals surface area contributed by atoms with Crippen molar-refractivity contribution in [2.75, 3.05) is 13.1 Å². The van der Waals surface area contributed by atoms with Crippen LogP contribution in [0.3, 0.4) is 0 Å². The van der Waals surface area contributed by atoms with Gasteiger partial charge in [0.05, 0.1) is 6.54 Å². The molecule has 1 aromatic heterocycles. The van der Waals surface area contributed by atoms with E-state index in [-0.39, 0.29) is 29.7 Å². The molecule has 0 unspecified atom stereocenters. The van der Waals surface area contributed by atoms with Crippen molar-refractivity contribution in [2.45, 2.75) is 59.5 Å². The molecule has 0 bridgehead atoms. The van der Waals surface area contributed by atoms with Crippen LogP contribution in [0.15, 0.2) is 10.7 Å². The third kappa shape index (κ3) is 6.71. The number of hydrogen-bond acceptors (Lipinski definition) is 4. The van der Waals surface area contributed by atoms with Gasteiger partial charge in [0, 0.05) is 18.6 Å². The second-order valence-electron chi connectivity index (χ2n) is 6.48. The molecule has 1 heterocycles. The molecule has 2 N–H and O–H groups in total. The van der Waals surface area contributed by atoms with Crippen LogP contribution in [0.25, 0.3) is 0 Å². The highest BCUT2D eigenvalue weighted by Gasteiger charge is 2.21. The van der Waals surface area contributed by atoms with Crippen molar-refractivity contribution < 1.29 is 14.0 Å². The van der Waals surface area contributed by atoms with Gasteiger partial charge < -0.3 is 20.0 Å². The average molecular weight is 324 g/mol. The van der Waals surface area contributed by atoms with E-state index in [1.54, 1.807) is 4.90 Å². The lowest BCUT2D eigenvalue weighted by atomic mass is 10.1. The fourth-order valence-electron chi connectivity index (χ4n) is 1.90. The van der Waals surface area contributed by atoms with Gasteiger partial charge in [0.2, 0.25) is 5.89 Å². The van der Waals surface area contributed by atoms with Gasteiger partial charge in [-0.25, -0.2) is 9.78 Å². The van der Waals surface area contributed by atoms with Crippen LogP contribution in [0.2, 0.25) is 0 Å². The van der Waals surface area contributed by atoms with Crippen LogP contribution in [0.1, 0.15) is 63.8 Å². The highest BCUT2D eigenvalue weighted by atomic mass is 16.3. The zero-order valence-electron chi connectivity index (χ0n) is 14.7. The second-order valence-corrected chi connectivity index (χ2v) is 6.48. The van der Waals surface area contributed by atoms with E-state index in [0.717, 1.165) is 12.8 Å². The Bertz CT molecular complexity index is 520. The van der Waals surface area contributed by atoms with Crippen LogP contribution in [0.4, 0.5) is 4.79 Å². The van der Waals surface area contributed by atoms with E-state index in [1.807, 2.05) is 34.6 Å². The first-order chi connectivity index (χ1) is 10.8. The van der Waals surface area contributed by atoms with Crippen molar-refractivity contribution in [3.05, 3.63) is 17.8 Å². The summed E-state index contributed by atoms with van der Waals surface area (Å²) < 4.78 is 5.33. The summed E-state index contributed by atoms with van der Waals surface area (Å²) in [6.07, 6.45) is 3.00. The minimum atomic E-state index is -0.315. The lowest BCUT2D eigenvalue weighted by Gasteiger charge is -2.27. The van der Waals surface area contributed by atoms with Crippen LogP contribution < -0.4 is 10.6 Å². The molecule has 130 valence electrons. The smallest absolute Gasteiger partial charge is 0.318 e. The van der Waals surface area contributed by atoms with Crippen LogP contribution in [-0.4, -0.2) is 40.5 Å². The Morgan fingerprint density at radius 2 is 1.96 bits per heavy atom. The number of oxazole rings is 1. The zero-order chi connectivity index (χ0) is 17.5. The molecule has 0 saturated heterocycles. The van der Waals surface area contributed by atoms with Gasteiger partial charge in [-0.15, -0.1) is 0 Å². The highest BCUT2D eigenvalue weighted by molar-refractivity contribution is 5.91. The molecule has 0 aliphatic heterocycles. The molecule has 0 aliphatic rings. The van der Waals surface area contributed by atoms with Gasteiger partial charge >= 0.3 is 6.03 Å². The summed E-state index contributed by atoms with van der Waals surface area (Å²) in [5.41, 5.74) is -0.0775. The van der Waals surface area contributed by atoms with Gasteiger partial charge in [0.25, 0.3) is 5.91 Å². The van der Waals surface area contributed by atoms with Crippen LogP contribution in [-0.2, 0) is 6.54 Å². The van der Waals surface area contributed by atoms with E-state index < -0.39 is 0 Å². The normalized spacial score (nSPS) is 11.2. The van der Waals surface area contributed by atoms with E-state index in [0.29, 0.717) is 19.0 Å². The summed E-state index contributed by atoms with van der Waals surface area (Å²) in [5, 5.41) is 5.66. The molecule has 3 amide bonds. The molecule has 0 radical (unpaired) electrons. The van der Waals surface area contributed by atoms with Crippen LogP contribution in [0, 0.1) is 0 Å². The van der Waals surface area contributed by atoms with Crippen molar-refractivity contribution in [2.24, 2.45) is 0 Å². The van der Waals surface area contributed by atoms with Gasteiger partial charge in [-0.05, 0) is 33.6 Å². The summed E-state index contributed by atoms with van der Waals surface area (Å²) in [7, 11) is 0. The fourth-order valence-corrected chi connectivity index (χ4v) is 1.90. The summed E-state index contributed by atoms with van der Waals surface area (Å²) in [6.45, 7) is 11.2. The Labute approximate surface area is 137 Å². The standard InChI is InChI=1S/C16H28N4O3/c1-6-8-17-14(21)12-11-23-13(18-12)10-20(9-7-2)15(22)19-16(3,4)5/h11H,6-10H2,1-5H3,(H,17,21)(H,19,22). The second kappa shape index (κ2) is 8.55. The Hall–Kier alpha value is -2.05. The van der Waals surface area contributed by atoms with Crippen molar-refractivity contribution in [3.8, 4) is 0 Å². The molecule has 23 heavy (non-hydrogen) atoms. The maximum Gasteiger partial charge on any atom is 0.318 e. The molecule has 0 aromatic carbocycles. The van der Waals surface area contributed by atoms with Gasteiger partial charge in [0.15, 0.2) is 5.69 Å². The maximum atomic E-state index is 12.3. The number of aromatic nitrogens is 1. The number of amides is 3. The Kier molecular flexibility index (Phi) is 7.06. The molecule has 0 saturated carbocycles. The third-order valence-electron chi connectivity index (χ3n) is 2.91. The third-order valence-corrected chi connectivity index (χ3v) is 2.91. The maximum absolute atomic E-state index is 12.3. The van der Waals surface area contributed by atoms with Gasteiger partial charge in [-0.3, -0.25) is 4.79 Å². The lowest BCUT2D eigenvalue weighted by molar-refractivity contribution is 0.0948. The monoisotopic (exact) mass is 324 g/mol. The Morgan fingerprint density at radius 1 is 1.26 bits per heavy atom.